The van der Waals surface area contributed by atoms with Gasteiger partial charge in [-0.1, -0.05) is 41.9 Å². The molecule has 1 N–H and O–H groups in total. The lowest BCUT2D eigenvalue weighted by molar-refractivity contribution is 0.300. The number of nitrogens with one attached hydrogen (secondary N) is 1. The standard InChI is InChI=1S/C14H20BrN3/c1-3-18(4-2)9-8-17-14(11-16)12-6-5-7-13(15)10-12/h5-7,10,14,17H,3-4,8-9H2,1-2H3. The zero-order chi connectivity index (χ0) is 13.4. The van der Waals surface area contributed by atoms with Crippen LogP contribution in [0.2, 0.25) is 0 Å². The number of benzene rings is 1. The third-order valence-corrected chi connectivity index (χ3v) is 3.48. The normalized spacial score (nSPS) is 12.4. The van der Waals surface area contributed by atoms with Gasteiger partial charge in [-0.15, -0.1) is 0 Å². The molecule has 98 valence electrons. The predicted molar refractivity (Wildman–Crippen MR) is 78.3 cm³/mol. The molecule has 0 aliphatic heterocycles. The molecular weight excluding hydrogens is 290 g/mol. The average molecular weight is 310 g/mol. The van der Waals surface area contributed by atoms with Crippen LogP contribution in [-0.4, -0.2) is 31.1 Å². The lowest BCUT2D eigenvalue weighted by atomic mass is 10.1. The maximum Gasteiger partial charge on any atom is 0.121 e. The van der Waals surface area contributed by atoms with E-state index in [1.54, 1.807) is 0 Å². The van der Waals surface area contributed by atoms with Gasteiger partial charge in [-0.25, -0.2) is 0 Å². The van der Waals surface area contributed by atoms with E-state index in [0.717, 1.165) is 36.2 Å². The first-order chi connectivity index (χ1) is 8.71. The summed E-state index contributed by atoms with van der Waals surface area (Å²) in [6.45, 7) is 8.20. The molecular formula is C14H20BrN3. The van der Waals surface area contributed by atoms with Gasteiger partial charge in [0.25, 0.3) is 0 Å². The van der Waals surface area contributed by atoms with Gasteiger partial charge < -0.3 is 4.90 Å². The molecule has 1 atom stereocenters. The van der Waals surface area contributed by atoms with E-state index in [-0.39, 0.29) is 6.04 Å². The lowest BCUT2D eigenvalue weighted by Crippen LogP contribution is -2.33. The van der Waals surface area contributed by atoms with E-state index >= 15 is 0 Å². The molecule has 0 radical (unpaired) electrons. The van der Waals surface area contributed by atoms with Crippen molar-refractivity contribution in [3.8, 4) is 6.07 Å². The molecule has 4 heteroatoms. The molecule has 0 fully saturated rings. The minimum Gasteiger partial charge on any atom is -0.303 e. The number of hydrogen-bond donors (Lipinski definition) is 1. The fraction of sp³-hybridized carbons (Fsp3) is 0.500. The van der Waals surface area contributed by atoms with Gasteiger partial charge in [-0.2, -0.15) is 5.26 Å². The van der Waals surface area contributed by atoms with Crippen LogP contribution in [0.15, 0.2) is 28.7 Å². The molecule has 1 aromatic rings. The highest BCUT2D eigenvalue weighted by Crippen LogP contribution is 2.17. The van der Waals surface area contributed by atoms with Crippen molar-refractivity contribution >= 4 is 15.9 Å². The molecule has 0 aliphatic carbocycles. The SMILES string of the molecule is CCN(CC)CCNC(C#N)c1cccc(Br)c1. The summed E-state index contributed by atoms with van der Waals surface area (Å²) >= 11 is 3.43. The molecule has 0 amide bonds. The summed E-state index contributed by atoms with van der Waals surface area (Å²) in [7, 11) is 0. The molecule has 18 heavy (non-hydrogen) atoms. The van der Waals surface area contributed by atoms with Crippen molar-refractivity contribution in [2.24, 2.45) is 0 Å². The first kappa shape index (κ1) is 15.2. The monoisotopic (exact) mass is 309 g/mol. The third kappa shape index (κ3) is 4.77. The number of rotatable bonds is 7. The number of hydrogen-bond acceptors (Lipinski definition) is 3. The van der Waals surface area contributed by atoms with E-state index in [1.807, 2.05) is 24.3 Å². The van der Waals surface area contributed by atoms with Crippen LogP contribution in [0, 0.1) is 11.3 Å². The van der Waals surface area contributed by atoms with Crippen molar-refractivity contribution in [2.45, 2.75) is 19.9 Å². The van der Waals surface area contributed by atoms with Crippen LogP contribution in [-0.2, 0) is 0 Å². The van der Waals surface area contributed by atoms with Gasteiger partial charge >= 0.3 is 0 Å². The van der Waals surface area contributed by atoms with Crippen molar-refractivity contribution in [1.82, 2.24) is 10.2 Å². The van der Waals surface area contributed by atoms with Gasteiger partial charge in [-0.05, 0) is 30.8 Å². The second-order valence-corrected chi connectivity index (χ2v) is 5.01. The van der Waals surface area contributed by atoms with E-state index in [2.05, 4.69) is 46.1 Å². The molecule has 0 aromatic heterocycles. The van der Waals surface area contributed by atoms with Crippen molar-refractivity contribution in [3.05, 3.63) is 34.3 Å². The second-order valence-electron chi connectivity index (χ2n) is 4.10. The highest BCUT2D eigenvalue weighted by Gasteiger charge is 2.10. The van der Waals surface area contributed by atoms with Crippen molar-refractivity contribution in [1.29, 1.82) is 5.26 Å². The summed E-state index contributed by atoms with van der Waals surface area (Å²) in [6.07, 6.45) is 0. The molecule has 0 spiro atoms. The zero-order valence-electron chi connectivity index (χ0n) is 11.0. The highest BCUT2D eigenvalue weighted by atomic mass is 79.9. The molecule has 3 nitrogen and oxygen atoms in total. The van der Waals surface area contributed by atoms with Gasteiger partial charge in [0.05, 0.1) is 6.07 Å². The van der Waals surface area contributed by atoms with E-state index in [4.69, 9.17) is 0 Å². The summed E-state index contributed by atoms with van der Waals surface area (Å²) < 4.78 is 1.01. The summed E-state index contributed by atoms with van der Waals surface area (Å²) in [5.74, 6) is 0. The molecule has 0 heterocycles. The van der Waals surface area contributed by atoms with E-state index in [9.17, 15) is 5.26 Å². The Kier molecular flexibility index (Phi) is 6.96. The summed E-state index contributed by atoms with van der Waals surface area (Å²) in [5, 5.41) is 12.5. The molecule has 0 saturated carbocycles. The van der Waals surface area contributed by atoms with Crippen LogP contribution in [0.25, 0.3) is 0 Å². The Morgan fingerprint density at radius 1 is 1.39 bits per heavy atom. The van der Waals surface area contributed by atoms with Crippen molar-refractivity contribution < 1.29 is 0 Å². The highest BCUT2D eigenvalue weighted by molar-refractivity contribution is 9.10. The van der Waals surface area contributed by atoms with Gasteiger partial charge in [0.2, 0.25) is 0 Å². The van der Waals surface area contributed by atoms with Crippen LogP contribution in [0.1, 0.15) is 25.5 Å². The van der Waals surface area contributed by atoms with Crippen molar-refractivity contribution in [2.75, 3.05) is 26.2 Å². The summed E-state index contributed by atoms with van der Waals surface area (Å²) in [5.41, 5.74) is 1.01. The Morgan fingerprint density at radius 2 is 2.11 bits per heavy atom. The Labute approximate surface area is 118 Å². The molecule has 0 bridgehead atoms. The van der Waals surface area contributed by atoms with Gasteiger partial charge in [0.1, 0.15) is 6.04 Å². The maximum absolute atomic E-state index is 9.21. The minimum absolute atomic E-state index is 0.238. The number of nitrogens with zero attached hydrogens (tertiary/aromatic N) is 2. The zero-order valence-corrected chi connectivity index (χ0v) is 12.6. The largest absolute Gasteiger partial charge is 0.303 e. The lowest BCUT2D eigenvalue weighted by Gasteiger charge is -2.19. The number of halogens is 1. The van der Waals surface area contributed by atoms with Crippen LogP contribution in [0.5, 0.6) is 0 Å². The molecule has 0 saturated heterocycles. The van der Waals surface area contributed by atoms with E-state index in [1.165, 1.54) is 0 Å². The Morgan fingerprint density at radius 3 is 2.67 bits per heavy atom. The van der Waals surface area contributed by atoms with Crippen LogP contribution in [0.3, 0.4) is 0 Å². The Bertz CT molecular complexity index is 396. The van der Waals surface area contributed by atoms with E-state index in [0.29, 0.717) is 0 Å². The fourth-order valence-corrected chi connectivity index (χ4v) is 2.25. The topological polar surface area (TPSA) is 39.1 Å². The summed E-state index contributed by atoms with van der Waals surface area (Å²) in [6, 6.07) is 9.95. The van der Waals surface area contributed by atoms with Crippen LogP contribution >= 0.6 is 15.9 Å². The third-order valence-electron chi connectivity index (χ3n) is 2.98. The van der Waals surface area contributed by atoms with Crippen LogP contribution < -0.4 is 5.32 Å². The number of likely N-dealkylation sites (N-methyl/N-ethyl adjacent to an activating group) is 1. The van der Waals surface area contributed by atoms with Crippen LogP contribution in [0.4, 0.5) is 0 Å². The quantitative estimate of drug-likeness (QED) is 0.841. The fourth-order valence-electron chi connectivity index (χ4n) is 1.83. The Hall–Kier alpha value is -0.890. The molecule has 1 unspecified atom stereocenters. The molecule has 1 rings (SSSR count). The van der Waals surface area contributed by atoms with Gasteiger partial charge in [-0.3, -0.25) is 5.32 Å². The van der Waals surface area contributed by atoms with Crippen molar-refractivity contribution in [3.63, 3.8) is 0 Å². The van der Waals surface area contributed by atoms with Gasteiger partial charge in [0.15, 0.2) is 0 Å². The maximum atomic E-state index is 9.21. The minimum atomic E-state index is -0.238. The summed E-state index contributed by atoms with van der Waals surface area (Å²) in [4.78, 5) is 2.34. The first-order valence-corrected chi connectivity index (χ1v) is 7.11. The predicted octanol–water partition coefficient (Wildman–Crippen LogP) is 2.95. The first-order valence-electron chi connectivity index (χ1n) is 6.32. The van der Waals surface area contributed by atoms with E-state index < -0.39 is 0 Å². The van der Waals surface area contributed by atoms with Gasteiger partial charge in [0, 0.05) is 17.6 Å². The number of nitriles is 1. The second kappa shape index (κ2) is 8.25. The average Bonchev–Trinajstić information content (AvgIpc) is 2.39. The molecule has 0 aliphatic rings. The Balaban J connectivity index is 2.51. The molecule has 1 aromatic carbocycles. The smallest absolute Gasteiger partial charge is 0.121 e.